The van der Waals surface area contributed by atoms with Gasteiger partial charge in [-0.15, -0.1) is 12.4 Å². The first kappa shape index (κ1) is 17.9. The van der Waals surface area contributed by atoms with Crippen LogP contribution in [0.1, 0.15) is 18.0 Å². The molecule has 1 heterocycles. The van der Waals surface area contributed by atoms with E-state index in [1.165, 1.54) is 0 Å². The molecule has 118 valence electrons. The first-order chi connectivity index (χ1) is 9.37. The normalized spacial score (nSPS) is 19.9. The van der Waals surface area contributed by atoms with Crippen molar-refractivity contribution in [1.29, 1.82) is 0 Å². The maximum atomic E-state index is 12.3. The summed E-state index contributed by atoms with van der Waals surface area (Å²) in [6, 6.07) is 8.23. The van der Waals surface area contributed by atoms with Crippen LogP contribution in [0.25, 0.3) is 0 Å². The van der Waals surface area contributed by atoms with Crippen LogP contribution in [-0.2, 0) is 14.8 Å². The van der Waals surface area contributed by atoms with Crippen LogP contribution in [0.2, 0.25) is 0 Å². The summed E-state index contributed by atoms with van der Waals surface area (Å²) >= 11 is 0. The molecule has 1 aliphatic heterocycles. The van der Waals surface area contributed by atoms with Gasteiger partial charge in [-0.2, -0.15) is 0 Å². The molecule has 1 aromatic carbocycles. The Morgan fingerprint density at radius 3 is 2.57 bits per heavy atom. The van der Waals surface area contributed by atoms with Crippen molar-refractivity contribution in [2.24, 2.45) is 5.73 Å². The lowest BCUT2D eigenvalue weighted by Crippen LogP contribution is -2.40. The molecule has 3 N–H and O–H groups in total. The topological polar surface area (TPSA) is 92.5 Å². The third-order valence-electron chi connectivity index (χ3n) is 3.31. The maximum absolute atomic E-state index is 12.3. The zero-order valence-electron chi connectivity index (χ0n) is 11.7. The minimum Gasteiger partial charge on any atom is -0.339 e. The predicted octanol–water partition coefficient (Wildman–Crippen LogP) is 0.258. The Bertz CT molecular complexity index is 580. The number of hydrogen-bond donors (Lipinski definition) is 2. The quantitative estimate of drug-likeness (QED) is 0.826. The number of halogens is 1. The molecule has 8 heteroatoms. The highest BCUT2D eigenvalue weighted by atomic mass is 35.5. The van der Waals surface area contributed by atoms with Crippen LogP contribution < -0.4 is 10.5 Å². The van der Waals surface area contributed by atoms with Crippen LogP contribution in [0.15, 0.2) is 30.3 Å². The number of sulfonamides is 1. The molecule has 2 unspecified atom stereocenters. The first-order valence-corrected chi connectivity index (χ1v) is 8.32. The van der Waals surface area contributed by atoms with E-state index in [-0.39, 0.29) is 24.4 Å². The minimum atomic E-state index is -3.25. The average molecular weight is 334 g/mol. The molecule has 1 amide bonds. The van der Waals surface area contributed by atoms with Crippen molar-refractivity contribution < 1.29 is 13.2 Å². The number of benzene rings is 1. The van der Waals surface area contributed by atoms with Crippen molar-refractivity contribution in [3.8, 4) is 0 Å². The van der Waals surface area contributed by atoms with Gasteiger partial charge in [-0.3, -0.25) is 4.79 Å². The van der Waals surface area contributed by atoms with Gasteiger partial charge in [0.2, 0.25) is 15.9 Å². The van der Waals surface area contributed by atoms with Gasteiger partial charge >= 0.3 is 0 Å². The minimum absolute atomic E-state index is 0. The summed E-state index contributed by atoms with van der Waals surface area (Å²) in [6.07, 6.45) is 1.73. The number of nitrogens with zero attached hydrogens (tertiary/aromatic N) is 1. The van der Waals surface area contributed by atoms with Crippen LogP contribution in [0, 0.1) is 0 Å². The fraction of sp³-hybridized carbons (Fsp3) is 0.462. The van der Waals surface area contributed by atoms with Crippen molar-refractivity contribution in [2.75, 3.05) is 19.3 Å². The fourth-order valence-electron chi connectivity index (χ4n) is 2.36. The highest BCUT2D eigenvalue weighted by molar-refractivity contribution is 7.88. The standard InChI is InChI=1S/C13H19N3O3S.ClH/c1-20(18,19)15-11-7-8-16(9-11)13(17)12(14)10-5-3-2-4-6-10;/h2-6,11-12,15H,7-9,14H2,1H3;1H. The highest BCUT2D eigenvalue weighted by Gasteiger charge is 2.31. The first-order valence-electron chi connectivity index (χ1n) is 6.43. The molecule has 2 rings (SSSR count). The van der Waals surface area contributed by atoms with E-state index in [4.69, 9.17) is 5.73 Å². The maximum Gasteiger partial charge on any atom is 0.244 e. The Hall–Kier alpha value is -1.15. The SMILES string of the molecule is CS(=O)(=O)NC1CCN(C(=O)C(N)c2ccccc2)C1.Cl. The van der Waals surface area contributed by atoms with Crippen molar-refractivity contribution in [1.82, 2.24) is 9.62 Å². The monoisotopic (exact) mass is 333 g/mol. The smallest absolute Gasteiger partial charge is 0.244 e. The summed E-state index contributed by atoms with van der Waals surface area (Å²) in [5.74, 6) is -0.172. The molecule has 0 aromatic heterocycles. The van der Waals surface area contributed by atoms with E-state index in [0.717, 1.165) is 11.8 Å². The number of nitrogens with one attached hydrogen (secondary N) is 1. The Morgan fingerprint density at radius 2 is 2.00 bits per heavy atom. The molecule has 0 radical (unpaired) electrons. The molecule has 21 heavy (non-hydrogen) atoms. The van der Waals surface area contributed by atoms with Crippen molar-refractivity contribution >= 4 is 28.3 Å². The summed E-state index contributed by atoms with van der Waals surface area (Å²) in [5.41, 5.74) is 6.72. The Kier molecular flexibility index (Phi) is 6.15. The lowest BCUT2D eigenvalue weighted by molar-refractivity contribution is -0.131. The summed E-state index contributed by atoms with van der Waals surface area (Å²) in [6.45, 7) is 0.888. The lowest BCUT2D eigenvalue weighted by Gasteiger charge is -2.21. The molecular weight excluding hydrogens is 314 g/mol. The molecule has 0 aliphatic carbocycles. The van der Waals surface area contributed by atoms with Crippen LogP contribution in [-0.4, -0.2) is 44.6 Å². The van der Waals surface area contributed by atoms with E-state index in [9.17, 15) is 13.2 Å². The van der Waals surface area contributed by atoms with Gasteiger partial charge in [0.15, 0.2) is 0 Å². The van der Waals surface area contributed by atoms with E-state index >= 15 is 0 Å². The van der Waals surface area contributed by atoms with Crippen LogP contribution in [0.5, 0.6) is 0 Å². The summed E-state index contributed by atoms with van der Waals surface area (Å²) < 4.78 is 24.9. The Morgan fingerprint density at radius 1 is 1.38 bits per heavy atom. The van der Waals surface area contributed by atoms with E-state index in [1.54, 1.807) is 4.90 Å². The molecule has 0 bridgehead atoms. The van der Waals surface area contributed by atoms with Gasteiger partial charge in [0.1, 0.15) is 6.04 Å². The predicted molar refractivity (Wildman–Crippen MR) is 83.6 cm³/mol. The molecule has 1 aromatic rings. The number of carbonyl (C=O) groups is 1. The zero-order chi connectivity index (χ0) is 14.8. The summed E-state index contributed by atoms with van der Waals surface area (Å²) in [7, 11) is -3.25. The zero-order valence-corrected chi connectivity index (χ0v) is 13.4. The van der Waals surface area contributed by atoms with Gasteiger partial charge in [0.25, 0.3) is 0 Å². The van der Waals surface area contributed by atoms with E-state index in [2.05, 4.69) is 4.72 Å². The van der Waals surface area contributed by atoms with Crippen LogP contribution in [0.3, 0.4) is 0 Å². The van der Waals surface area contributed by atoms with Crippen molar-refractivity contribution in [3.63, 3.8) is 0 Å². The molecule has 1 fully saturated rings. The van der Waals surface area contributed by atoms with Gasteiger partial charge in [0, 0.05) is 19.1 Å². The third-order valence-corrected chi connectivity index (χ3v) is 4.07. The molecule has 1 aliphatic rings. The lowest BCUT2D eigenvalue weighted by atomic mass is 10.1. The summed E-state index contributed by atoms with van der Waals surface area (Å²) in [5, 5.41) is 0. The number of likely N-dealkylation sites (tertiary alicyclic amines) is 1. The van der Waals surface area contributed by atoms with Crippen LogP contribution in [0.4, 0.5) is 0 Å². The Balaban J connectivity index is 0.00000220. The van der Waals surface area contributed by atoms with E-state index in [1.807, 2.05) is 30.3 Å². The van der Waals surface area contributed by atoms with Crippen LogP contribution >= 0.6 is 12.4 Å². The van der Waals surface area contributed by atoms with E-state index in [0.29, 0.717) is 19.5 Å². The molecular formula is C13H20ClN3O3S. The second-order valence-corrected chi connectivity index (χ2v) is 6.83. The highest BCUT2D eigenvalue weighted by Crippen LogP contribution is 2.17. The van der Waals surface area contributed by atoms with Gasteiger partial charge < -0.3 is 10.6 Å². The van der Waals surface area contributed by atoms with Gasteiger partial charge in [-0.25, -0.2) is 13.1 Å². The number of amides is 1. The van der Waals surface area contributed by atoms with Crippen molar-refractivity contribution in [2.45, 2.75) is 18.5 Å². The van der Waals surface area contributed by atoms with Crippen molar-refractivity contribution in [3.05, 3.63) is 35.9 Å². The van der Waals surface area contributed by atoms with Gasteiger partial charge in [-0.1, -0.05) is 30.3 Å². The number of rotatable bonds is 4. The molecule has 0 saturated carbocycles. The second-order valence-electron chi connectivity index (χ2n) is 5.05. The largest absolute Gasteiger partial charge is 0.339 e. The average Bonchev–Trinajstić information content (AvgIpc) is 2.84. The molecule has 1 saturated heterocycles. The van der Waals surface area contributed by atoms with E-state index < -0.39 is 16.1 Å². The molecule has 0 spiro atoms. The summed E-state index contributed by atoms with van der Waals surface area (Å²) in [4.78, 5) is 13.9. The third kappa shape index (κ3) is 4.96. The number of hydrogen-bond acceptors (Lipinski definition) is 4. The number of carbonyl (C=O) groups excluding carboxylic acids is 1. The number of nitrogens with two attached hydrogens (primary N) is 1. The van der Waals surface area contributed by atoms with Gasteiger partial charge in [0.05, 0.1) is 6.26 Å². The van der Waals surface area contributed by atoms with Gasteiger partial charge in [-0.05, 0) is 12.0 Å². The molecule has 6 nitrogen and oxygen atoms in total. The second kappa shape index (κ2) is 7.22. The Labute approximate surface area is 131 Å². The fourth-order valence-corrected chi connectivity index (χ4v) is 3.16. The molecule has 2 atom stereocenters.